The normalized spacial score (nSPS) is 32.3. The lowest BCUT2D eigenvalue weighted by Crippen LogP contribution is -2.22. The maximum atomic E-state index is 6.68. The molecular weight excluding hydrogens is 260 g/mol. The van der Waals surface area contributed by atoms with Crippen molar-refractivity contribution in [2.75, 3.05) is 6.61 Å². The first-order valence-corrected chi connectivity index (χ1v) is 7.50. The van der Waals surface area contributed by atoms with Crippen LogP contribution in [0.25, 0.3) is 0 Å². The predicted molar refractivity (Wildman–Crippen MR) is 78.9 cm³/mol. The molecule has 1 aliphatic heterocycles. The molecule has 106 valence electrons. The minimum Gasteiger partial charge on any atom is -0.494 e. The molecular formula is C16H23ClO2. The highest BCUT2D eigenvalue weighted by molar-refractivity contribution is 6.21. The van der Waals surface area contributed by atoms with E-state index < -0.39 is 0 Å². The zero-order chi connectivity index (χ0) is 14.0. The maximum absolute atomic E-state index is 6.68. The van der Waals surface area contributed by atoms with Crippen LogP contribution in [-0.4, -0.2) is 18.8 Å². The van der Waals surface area contributed by atoms with E-state index >= 15 is 0 Å². The van der Waals surface area contributed by atoms with E-state index in [0.717, 1.165) is 11.3 Å². The molecule has 2 rings (SSSR count). The summed E-state index contributed by atoms with van der Waals surface area (Å²) in [5.41, 5.74) is 1.14. The molecule has 0 bridgehead atoms. The third-order valence-electron chi connectivity index (χ3n) is 4.17. The van der Waals surface area contributed by atoms with Crippen LogP contribution < -0.4 is 4.74 Å². The van der Waals surface area contributed by atoms with Gasteiger partial charge in [0.1, 0.15) is 5.75 Å². The standard InChI is InChI=1S/C16H23ClO2/c1-5-18-14-8-6-13(7-9-14)16(17)15-10(2)11(3)19-12(15)4/h6-12,15-16H,5H2,1-4H3. The summed E-state index contributed by atoms with van der Waals surface area (Å²) in [7, 11) is 0. The molecule has 1 aromatic carbocycles. The molecule has 19 heavy (non-hydrogen) atoms. The first-order chi connectivity index (χ1) is 9.04. The van der Waals surface area contributed by atoms with Crippen LogP contribution in [0.3, 0.4) is 0 Å². The average molecular weight is 283 g/mol. The average Bonchev–Trinajstić information content (AvgIpc) is 2.64. The number of alkyl halides is 1. The van der Waals surface area contributed by atoms with Gasteiger partial charge in [-0.25, -0.2) is 0 Å². The van der Waals surface area contributed by atoms with Gasteiger partial charge in [0.25, 0.3) is 0 Å². The highest BCUT2D eigenvalue weighted by Crippen LogP contribution is 2.44. The van der Waals surface area contributed by atoms with E-state index in [4.69, 9.17) is 21.1 Å². The van der Waals surface area contributed by atoms with Crippen molar-refractivity contribution in [2.45, 2.75) is 45.3 Å². The summed E-state index contributed by atoms with van der Waals surface area (Å²) in [6, 6.07) is 8.10. The number of halogens is 1. The largest absolute Gasteiger partial charge is 0.494 e. The van der Waals surface area contributed by atoms with Gasteiger partial charge in [-0.1, -0.05) is 19.1 Å². The molecule has 0 radical (unpaired) electrons. The Labute approximate surface area is 121 Å². The van der Waals surface area contributed by atoms with E-state index in [9.17, 15) is 0 Å². The third-order valence-corrected chi connectivity index (χ3v) is 4.71. The minimum absolute atomic E-state index is 0.00868. The summed E-state index contributed by atoms with van der Waals surface area (Å²) >= 11 is 6.68. The second kappa shape index (κ2) is 6.15. The van der Waals surface area contributed by atoms with Crippen molar-refractivity contribution in [3.63, 3.8) is 0 Å². The number of ether oxygens (including phenoxy) is 2. The van der Waals surface area contributed by atoms with Crippen molar-refractivity contribution in [2.24, 2.45) is 11.8 Å². The lowest BCUT2D eigenvalue weighted by atomic mass is 9.84. The molecule has 1 aromatic rings. The van der Waals surface area contributed by atoms with E-state index in [2.05, 4.69) is 32.9 Å². The van der Waals surface area contributed by atoms with Crippen LogP contribution in [0.4, 0.5) is 0 Å². The molecule has 1 saturated heterocycles. The van der Waals surface area contributed by atoms with Gasteiger partial charge in [0.2, 0.25) is 0 Å². The van der Waals surface area contributed by atoms with E-state index in [-0.39, 0.29) is 17.6 Å². The lowest BCUT2D eigenvalue weighted by molar-refractivity contribution is 0.0508. The number of hydrogen-bond donors (Lipinski definition) is 0. The molecule has 5 atom stereocenters. The molecule has 0 amide bonds. The van der Waals surface area contributed by atoms with Gasteiger partial charge in [-0.15, -0.1) is 11.6 Å². The van der Waals surface area contributed by atoms with Crippen LogP contribution in [0.15, 0.2) is 24.3 Å². The van der Waals surface area contributed by atoms with Gasteiger partial charge in [-0.2, -0.15) is 0 Å². The van der Waals surface area contributed by atoms with Gasteiger partial charge in [-0.3, -0.25) is 0 Å². The number of benzene rings is 1. The molecule has 1 heterocycles. The van der Waals surface area contributed by atoms with E-state index in [1.807, 2.05) is 19.1 Å². The third kappa shape index (κ3) is 3.06. The molecule has 0 aromatic heterocycles. The fraction of sp³-hybridized carbons (Fsp3) is 0.625. The SMILES string of the molecule is CCOc1ccc(C(Cl)C2C(C)OC(C)C2C)cc1. The van der Waals surface area contributed by atoms with Crippen molar-refractivity contribution < 1.29 is 9.47 Å². The Morgan fingerprint density at radius 1 is 1.16 bits per heavy atom. The van der Waals surface area contributed by atoms with Crippen molar-refractivity contribution in [3.8, 4) is 5.75 Å². The van der Waals surface area contributed by atoms with Gasteiger partial charge in [0, 0.05) is 5.92 Å². The summed E-state index contributed by atoms with van der Waals surface area (Å²) in [6.07, 6.45) is 0.489. The molecule has 0 aliphatic carbocycles. The fourth-order valence-electron chi connectivity index (χ4n) is 2.93. The molecule has 1 aliphatic rings. The van der Waals surface area contributed by atoms with Crippen molar-refractivity contribution in [3.05, 3.63) is 29.8 Å². The second-order valence-corrected chi connectivity index (χ2v) is 5.86. The summed E-state index contributed by atoms with van der Waals surface area (Å²) in [6.45, 7) is 9.14. The maximum Gasteiger partial charge on any atom is 0.119 e. The Morgan fingerprint density at radius 3 is 2.26 bits per heavy atom. The molecule has 0 spiro atoms. The van der Waals surface area contributed by atoms with Gasteiger partial charge in [-0.05, 0) is 44.4 Å². The molecule has 3 heteroatoms. The van der Waals surface area contributed by atoms with Gasteiger partial charge >= 0.3 is 0 Å². The lowest BCUT2D eigenvalue weighted by Gasteiger charge is -2.24. The van der Waals surface area contributed by atoms with Gasteiger partial charge in [0.05, 0.1) is 24.2 Å². The monoisotopic (exact) mass is 282 g/mol. The Bertz CT molecular complexity index is 404. The van der Waals surface area contributed by atoms with Crippen molar-refractivity contribution in [1.29, 1.82) is 0 Å². The van der Waals surface area contributed by atoms with Crippen LogP contribution in [0.1, 0.15) is 38.6 Å². The molecule has 2 nitrogen and oxygen atoms in total. The predicted octanol–water partition coefficient (Wildman–Crippen LogP) is 4.42. The Kier molecular flexibility index (Phi) is 4.75. The van der Waals surface area contributed by atoms with E-state index in [0.29, 0.717) is 18.4 Å². The Hall–Kier alpha value is -0.730. The van der Waals surface area contributed by atoms with Crippen LogP contribution in [0, 0.1) is 11.8 Å². The van der Waals surface area contributed by atoms with Crippen LogP contribution in [-0.2, 0) is 4.74 Å². The van der Waals surface area contributed by atoms with Crippen LogP contribution >= 0.6 is 11.6 Å². The Morgan fingerprint density at radius 2 is 1.79 bits per heavy atom. The van der Waals surface area contributed by atoms with Crippen molar-refractivity contribution in [1.82, 2.24) is 0 Å². The number of hydrogen-bond acceptors (Lipinski definition) is 2. The highest BCUT2D eigenvalue weighted by Gasteiger charge is 2.41. The molecule has 0 N–H and O–H groups in total. The fourth-order valence-corrected chi connectivity index (χ4v) is 3.51. The second-order valence-electron chi connectivity index (χ2n) is 5.39. The zero-order valence-corrected chi connectivity index (χ0v) is 12.9. The first-order valence-electron chi connectivity index (χ1n) is 7.06. The smallest absolute Gasteiger partial charge is 0.119 e. The number of rotatable bonds is 4. The van der Waals surface area contributed by atoms with Crippen LogP contribution in [0.2, 0.25) is 0 Å². The van der Waals surface area contributed by atoms with Gasteiger partial charge < -0.3 is 9.47 Å². The van der Waals surface area contributed by atoms with E-state index in [1.165, 1.54) is 0 Å². The topological polar surface area (TPSA) is 18.5 Å². The Balaban J connectivity index is 2.12. The molecule has 5 unspecified atom stereocenters. The summed E-state index contributed by atoms with van der Waals surface area (Å²) in [5, 5.41) is -0.00868. The summed E-state index contributed by atoms with van der Waals surface area (Å²) in [4.78, 5) is 0. The minimum atomic E-state index is -0.00868. The zero-order valence-electron chi connectivity index (χ0n) is 12.1. The van der Waals surface area contributed by atoms with E-state index in [1.54, 1.807) is 0 Å². The highest BCUT2D eigenvalue weighted by atomic mass is 35.5. The quantitative estimate of drug-likeness (QED) is 0.761. The molecule has 0 saturated carbocycles. The van der Waals surface area contributed by atoms with Crippen molar-refractivity contribution >= 4 is 11.6 Å². The summed E-state index contributed by atoms with van der Waals surface area (Å²) in [5.74, 6) is 1.73. The molecule has 1 fully saturated rings. The van der Waals surface area contributed by atoms with Crippen LogP contribution in [0.5, 0.6) is 5.75 Å². The summed E-state index contributed by atoms with van der Waals surface area (Å²) < 4.78 is 11.3. The first kappa shape index (κ1) is 14.7. The van der Waals surface area contributed by atoms with Gasteiger partial charge in [0.15, 0.2) is 0 Å².